The lowest BCUT2D eigenvalue weighted by molar-refractivity contribution is -0.137. The van der Waals surface area contributed by atoms with Crippen molar-refractivity contribution in [2.24, 2.45) is 5.73 Å². The number of hydrogen-bond acceptors (Lipinski definition) is 3. The van der Waals surface area contributed by atoms with Crippen molar-refractivity contribution in [1.82, 2.24) is 4.98 Å². The zero-order valence-electron chi connectivity index (χ0n) is 11.2. The number of nitrogens with two attached hydrogens (primary N) is 1. The van der Waals surface area contributed by atoms with Gasteiger partial charge in [0, 0.05) is 24.9 Å². The topological polar surface area (TPSA) is 48.1 Å². The second kappa shape index (κ2) is 6.58. The Morgan fingerprint density at radius 2 is 1.86 bits per heavy atom. The predicted molar refractivity (Wildman–Crippen MR) is 73.0 cm³/mol. The highest BCUT2D eigenvalue weighted by Gasteiger charge is 2.30. The van der Waals surface area contributed by atoms with Gasteiger partial charge in [0.15, 0.2) is 0 Å². The molecule has 3 nitrogen and oxygen atoms in total. The third-order valence-corrected chi connectivity index (χ3v) is 3.07. The van der Waals surface area contributed by atoms with Crippen LogP contribution in [0.5, 0.6) is 5.75 Å². The third kappa shape index (κ3) is 4.19. The summed E-state index contributed by atoms with van der Waals surface area (Å²) >= 11 is 0. The van der Waals surface area contributed by atoms with Crippen molar-refractivity contribution in [1.29, 1.82) is 0 Å². The fourth-order valence-corrected chi connectivity index (χ4v) is 1.89. The lowest BCUT2D eigenvalue weighted by Crippen LogP contribution is -2.19. The highest BCUT2D eigenvalue weighted by Crippen LogP contribution is 2.31. The normalized spacial score (nSPS) is 13.0. The van der Waals surface area contributed by atoms with Gasteiger partial charge in [-0.2, -0.15) is 13.2 Å². The molecule has 2 rings (SSSR count). The van der Waals surface area contributed by atoms with Gasteiger partial charge in [0.25, 0.3) is 0 Å². The van der Waals surface area contributed by atoms with E-state index in [2.05, 4.69) is 4.98 Å². The summed E-state index contributed by atoms with van der Waals surface area (Å²) in [5.41, 5.74) is 5.90. The van der Waals surface area contributed by atoms with Crippen molar-refractivity contribution in [3.05, 3.63) is 59.9 Å². The van der Waals surface area contributed by atoms with E-state index in [9.17, 15) is 13.2 Å². The molecule has 2 N–H and O–H groups in total. The largest absolute Gasteiger partial charge is 0.493 e. The number of benzene rings is 1. The van der Waals surface area contributed by atoms with E-state index >= 15 is 0 Å². The van der Waals surface area contributed by atoms with Gasteiger partial charge in [-0.05, 0) is 35.9 Å². The first-order valence-electron chi connectivity index (χ1n) is 6.40. The first-order chi connectivity index (χ1) is 10.0. The monoisotopic (exact) mass is 296 g/mol. The van der Waals surface area contributed by atoms with Crippen LogP contribution in [0.1, 0.15) is 17.0 Å². The quantitative estimate of drug-likeness (QED) is 0.921. The first kappa shape index (κ1) is 15.3. The van der Waals surface area contributed by atoms with Gasteiger partial charge in [-0.1, -0.05) is 6.07 Å². The molecule has 21 heavy (non-hydrogen) atoms. The van der Waals surface area contributed by atoms with E-state index in [0.29, 0.717) is 6.54 Å². The second-order valence-electron chi connectivity index (χ2n) is 4.55. The Bertz CT molecular complexity index is 573. The molecule has 0 radical (unpaired) electrons. The number of ether oxygens (including phenoxy) is 1. The van der Waals surface area contributed by atoms with E-state index in [0.717, 1.165) is 17.7 Å². The van der Waals surface area contributed by atoms with Gasteiger partial charge in [-0.25, -0.2) is 0 Å². The second-order valence-corrected chi connectivity index (χ2v) is 4.55. The molecule has 0 fully saturated rings. The minimum absolute atomic E-state index is 0.0949. The van der Waals surface area contributed by atoms with Crippen LogP contribution in [0.3, 0.4) is 0 Å². The first-order valence-corrected chi connectivity index (χ1v) is 6.40. The van der Waals surface area contributed by atoms with Crippen LogP contribution in [0.2, 0.25) is 0 Å². The number of aromatic nitrogens is 1. The van der Waals surface area contributed by atoms with Gasteiger partial charge < -0.3 is 10.5 Å². The molecule has 0 amide bonds. The SMILES string of the molecule is NCC(COc1cccc(C(F)(F)F)c1)c1ccncc1. The fraction of sp³-hybridized carbons (Fsp3) is 0.267. The molecular weight excluding hydrogens is 281 g/mol. The molecule has 6 heteroatoms. The van der Waals surface area contributed by atoms with Crippen molar-refractivity contribution in [2.75, 3.05) is 13.2 Å². The standard InChI is InChI=1S/C15H15F3N2O/c16-15(17,18)13-2-1-3-14(8-13)21-10-12(9-19)11-4-6-20-7-5-11/h1-8,12H,9-10,19H2. The van der Waals surface area contributed by atoms with Gasteiger partial charge >= 0.3 is 6.18 Å². The molecule has 2 aromatic rings. The molecule has 0 aliphatic rings. The molecule has 1 heterocycles. The van der Waals surface area contributed by atoms with Crippen LogP contribution in [-0.2, 0) is 6.18 Å². The van der Waals surface area contributed by atoms with Crippen LogP contribution in [-0.4, -0.2) is 18.1 Å². The number of alkyl halides is 3. The summed E-state index contributed by atoms with van der Waals surface area (Å²) in [7, 11) is 0. The zero-order valence-corrected chi connectivity index (χ0v) is 11.2. The Balaban J connectivity index is 2.05. The number of nitrogens with zero attached hydrogens (tertiary/aromatic N) is 1. The van der Waals surface area contributed by atoms with Gasteiger partial charge in [-0.3, -0.25) is 4.98 Å². The van der Waals surface area contributed by atoms with Crippen LogP contribution >= 0.6 is 0 Å². The van der Waals surface area contributed by atoms with E-state index in [1.54, 1.807) is 12.4 Å². The maximum absolute atomic E-state index is 12.6. The summed E-state index contributed by atoms with van der Waals surface area (Å²) < 4.78 is 43.3. The Labute approximate surface area is 120 Å². The van der Waals surface area contributed by atoms with Crippen LogP contribution in [0.15, 0.2) is 48.8 Å². The Morgan fingerprint density at radius 3 is 2.48 bits per heavy atom. The smallest absolute Gasteiger partial charge is 0.416 e. The van der Waals surface area contributed by atoms with Crippen molar-refractivity contribution >= 4 is 0 Å². The highest BCUT2D eigenvalue weighted by molar-refractivity contribution is 5.30. The van der Waals surface area contributed by atoms with Crippen molar-refractivity contribution < 1.29 is 17.9 Å². The molecule has 0 saturated carbocycles. The van der Waals surface area contributed by atoms with Crippen molar-refractivity contribution in [3.8, 4) is 5.75 Å². The average molecular weight is 296 g/mol. The van der Waals surface area contributed by atoms with Crippen LogP contribution in [0.25, 0.3) is 0 Å². The van der Waals surface area contributed by atoms with E-state index in [-0.39, 0.29) is 18.3 Å². The van der Waals surface area contributed by atoms with E-state index in [4.69, 9.17) is 10.5 Å². The zero-order chi connectivity index (χ0) is 15.3. The maximum atomic E-state index is 12.6. The fourth-order valence-electron chi connectivity index (χ4n) is 1.89. The molecule has 1 unspecified atom stereocenters. The lowest BCUT2D eigenvalue weighted by Gasteiger charge is -2.16. The maximum Gasteiger partial charge on any atom is 0.416 e. The number of rotatable bonds is 5. The summed E-state index contributed by atoms with van der Waals surface area (Å²) in [5.74, 6) is 0.0832. The van der Waals surface area contributed by atoms with Gasteiger partial charge in [0.2, 0.25) is 0 Å². The third-order valence-electron chi connectivity index (χ3n) is 3.07. The number of pyridine rings is 1. The summed E-state index contributed by atoms with van der Waals surface area (Å²) in [5, 5.41) is 0. The van der Waals surface area contributed by atoms with E-state index in [1.807, 2.05) is 12.1 Å². The summed E-state index contributed by atoms with van der Waals surface area (Å²) in [6, 6.07) is 8.44. The summed E-state index contributed by atoms with van der Waals surface area (Å²) in [6.07, 6.45) is -1.09. The Hall–Kier alpha value is -2.08. The molecule has 0 aliphatic heterocycles. The lowest BCUT2D eigenvalue weighted by atomic mass is 10.0. The molecular formula is C15H15F3N2O. The Kier molecular flexibility index (Phi) is 4.80. The van der Waals surface area contributed by atoms with E-state index < -0.39 is 11.7 Å². The molecule has 112 valence electrons. The number of halogens is 3. The van der Waals surface area contributed by atoms with Crippen LogP contribution in [0, 0.1) is 0 Å². The van der Waals surface area contributed by atoms with Crippen molar-refractivity contribution in [3.63, 3.8) is 0 Å². The molecule has 0 aliphatic carbocycles. The average Bonchev–Trinajstić information content (AvgIpc) is 2.48. The van der Waals surface area contributed by atoms with Gasteiger partial charge in [-0.15, -0.1) is 0 Å². The molecule has 1 atom stereocenters. The molecule has 0 bridgehead atoms. The molecule has 0 saturated heterocycles. The van der Waals surface area contributed by atoms with Gasteiger partial charge in [0.1, 0.15) is 5.75 Å². The summed E-state index contributed by atoms with van der Waals surface area (Å²) in [4.78, 5) is 3.91. The van der Waals surface area contributed by atoms with Crippen molar-refractivity contribution in [2.45, 2.75) is 12.1 Å². The van der Waals surface area contributed by atoms with Crippen LogP contribution in [0.4, 0.5) is 13.2 Å². The molecule has 1 aromatic carbocycles. The van der Waals surface area contributed by atoms with Crippen LogP contribution < -0.4 is 10.5 Å². The van der Waals surface area contributed by atoms with E-state index in [1.165, 1.54) is 12.1 Å². The predicted octanol–water partition coefficient (Wildman–Crippen LogP) is 3.22. The molecule has 1 aromatic heterocycles. The highest BCUT2D eigenvalue weighted by atomic mass is 19.4. The molecule has 0 spiro atoms. The number of hydrogen-bond donors (Lipinski definition) is 1. The summed E-state index contributed by atoms with van der Waals surface area (Å²) in [6.45, 7) is 0.546. The van der Waals surface area contributed by atoms with Gasteiger partial charge in [0.05, 0.1) is 12.2 Å². The Morgan fingerprint density at radius 1 is 1.14 bits per heavy atom. The minimum atomic E-state index is -4.38. The minimum Gasteiger partial charge on any atom is -0.493 e.